The third kappa shape index (κ3) is 5.01. The third-order valence-corrected chi connectivity index (χ3v) is 3.82. The molecule has 0 aliphatic rings. The van der Waals surface area contributed by atoms with Crippen molar-refractivity contribution in [1.82, 2.24) is 5.32 Å². The lowest BCUT2D eigenvalue weighted by Gasteiger charge is -2.10. The minimum Gasteiger partial charge on any atom is -0.497 e. The van der Waals surface area contributed by atoms with Gasteiger partial charge in [0, 0.05) is 23.6 Å². The number of hydrogen-bond acceptors (Lipinski definition) is 3. The highest BCUT2D eigenvalue weighted by molar-refractivity contribution is 5.89. The number of ether oxygens (including phenoxy) is 1. The summed E-state index contributed by atoms with van der Waals surface area (Å²) in [4.78, 5) is 12.0. The molecule has 3 rings (SSSR count). The van der Waals surface area contributed by atoms with E-state index in [0.717, 1.165) is 28.4 Å². The first-order valence-corrected chi connectivity index (χ1v) is 8.33. The van der Waals surface area contributed by atoms with Gasteiger partial charge in [0.25, 0.3) is 0 Å². The number of rotatable bonds is 6. The fourth-order valence-corrected chi connectivity index (χ4v) is 2.43. The minimum atomic E-state index is -0.246. The SMILES string of the molecule is COc1ccc(CNC(=O)Nc2ccc(Nc3ccccc3)cc2)cc1. The molecule has 0 saturated carbocycles. The highest BCUT2D eigenvalue weighted by Crippen LogP contribution is 2.18. The van der Waals surface area contributed by atoms with Crippen molar-refractivity contribution in [3.8, 4) is 5.75 Å². The van der Waals surface area contributed by atoms with Gasteiger partial charge in [0.05, 0.1) is 7.11 Å². The van der Waals surface area contributed by atoms with Crippen molar-refractivity contribution in [2.24, 2.45) is 0 Å². The standard InChI is InChI=1S/C21H21N3O2/c1-26-20-13-7-16(8-14-20)15-22-21(25)24-19-11-9-18(10-12-19)23-17-5-3-2-4-6-17/h2-14,23H,15H2,1H3,(H2,22,24,25). The van der Waals surface area contributed by atoms with Crippen LogP contribution in [0.3, 0.4) is 0 Å². The molecule has 0 aliphatic carbocycles. The first-order valence-electron chi connectivity index (χ1n) is 8.33. The number of benzene rings is 3. The van der Waals surface area contributed by atoms with Crippen LogP contribution in [-0.4, -0.2) is 13.1 Å². The van der Waals surface area contributed by atoms with Crippen molar-refractivity contribution in [3.63, 3.8) is 0 Å². The van der Waals surface area contributed by atoms with Crippen LogP contribution in [0.5, 0.6) is 5.75 Å². The summed E-state index contributed by atoms with van der Waals surface area (Å²) < 4.78 is 5.12. The Balaban J connectivity index is 1.49. The number of para-hydroxylation sites is 1. The number of amides is 2. The molecule has 0 atom stereocenters. The topological polar surface area (TPSA) is 62.4 Å². The molecule has 3 aromatic rings. The van der Waals surface area contributed by atoms with Gasteiger partial charge in [-0.15, -0.1) is 0 Å². The summed E-state index contributed by atoms with van der Waals surface area (Å²) in [6.45, 7) is 0.448. The van der Waals surface area contributed by atoms with Crippen LogP contribution < -0.4 is 20.7 Å². The van der Waals surface area contributed by atoms with Gasteiger partial charge in [0.2, 0.25) is 0 Å². The molecule has 2 amide bonds. The molecule has 3 N–H and O–H groups in total. The Morgan fingerprint density at radius 1 is 0.808 bits per heavy atom. The van der Waals surface area contributed by atoms with Crippen LogP contribution >= 0.6 is 0 Å². The number of carbonyl (C=O) groups is 1. The molecule has 0 saturated heterocycles. The molecule has 0 heterocycles. The number of carbonyl (C=O) groups excluding carboxylic acids is 1. The number of methoxy groups -OCH3 is 1. The maximum Gasteiger partial charge on any atom is 0.319 e. The summed E-state index contributed by atoms with van der Waals surface area (Å²) in [6, 6.07) is 24.8. The number of urea groups is 1. The van der Waals surface area contributed by atoms with Gasteiger partial charge < -0.3 is 20.7 Å². The monoisotopic (exact) mass is 347 g/mol. The summed E-state index contributed by atoms with van der Waals surface area (Å²) in [7, 11) is 1.63. The molecule has 0 unspecified atom stereocenters. The quantitative estimate of drug-likeness (QED) is 0.602. The number of anilines is 3. The van der Waals surface area contributed by atoms with Crippen molar-refractivity contribution in [2.75, 3.05) is 17.7 Å². The Kier molecular flexibility index (Phi) is 5.72. The normalized spacial score (nSPS) is 10.0. The first kappa shape index (κ1) is 17.4. The number of nitrogens with one attached hydrogen (secondary N) is 3. The molecule has 26 heavy (non-hydrogen) atoms. The molecule has 5 nitrogen and oxygen atoms in total. The van der Waals surface area contributed by atoms with E-state index in [9.17, 15) is 4.79 Å². The van der Waals surface area contributed by atoms with Crippen molar-refractivity contribution in [3.05, 3.63) is 84.4 Å². The van der Waals surface area contributed by atoms with Gasteiger partial charge in [-0.1, -0.05) is 30.3 Å². The molecule has 0 radical (unpaired) electrons. The van der Waals surface area contributed by atoms with Crippen molar-refractivity contribution >= 4 is 23.1 Å². The van der Waals surface area contributed by atoms with Crippen LogP contribution in [0, 0.1) is 0 Å². The van der Waals surface area contributed by atoms with Gasteiger partial charge in [-0.25, -0.2) is 4.79 Å². The van der Waals surface area contributed by atoms with Crippen molar-refractivity contribution in [2.45, 2.75) is 6.54 Å². The second kappa shape index (κ2) is 8.58. The predicted octanol–water partition coefficient (Wildman–Crippen LogP) is 4.76. The third-order valence-electron chi connectivity index (χ3n) is 3.82. The molecular weight excluding hydrogens is 326 g/mol. The fraction of sp³-hybridized carbons (Fsp3) is 0.0952. The van der Waals surface area contributed by atoms with Gasteiger partial charge in [0.15, 0.2) is 0 Å². The van der Waals surface area contributed by atoms with E-state index in [1.807, 2.05) is 78.9 Å². The minimum absolute atomic E-state index is 0.246. The molecule has 3 aromatic carbocycles. The summed E-state index contributed by atoms with van der Waals surface area (Å²) in [6.07, 6.45) is 0. The zero-order valence-electron chi connectivity index (χ0n) is 14.5. The smallest absolute Gasteiger partial charge is 0.319 e. The molecular formula is C21H21N3O2. The average molecular weight is 347 g/mol. The van der Waals surface area contributed by atoms with Crippen molar-refractivity contribution < 1.29 is 9.53 Å². The molecule has 0 fully saturated rings. The zero-order valence-corrected chi connectivity index (χ0v) is 14.5. The Morgan fingerprint density at radius 3 is 2.08 bits per heavy atom. The van der Waals surface area contributed by atoms with Crippen LogP contribution in [0.1, 0.15) is 5.56 Å². The lowest BCUT2D eigenvalue weighted by Crippen LogP contribution is -2.28. The van der Waals surface area contributed by atoms with Crippen LogP contribution in [0.2, 0.25) is 0 Å². The molecule has 0 spiro atoms. The summed E-state index contributed by atoms with van der Waals surface area (Å²) >= 11 is 0. The Hall–Kier alpha value is -3.47. The van der Waals surface area contributed by atoms with Crippen LogP contribution in [-0.2, 0) is 6.54 Å². The van der Waals surface area contributed by atoms with Crippen LogP contribution in [0.4, 0.5) is 21.9 Å². The molecule has 5 heteroatoms. The maximum absolute atomic E-state index is 12.0. The van der Waals surface area contributed by atoms with Crippen LogP contribution in [0.15, 0.2) is 78.9 Å². The summed E-state index contributed by atoms with van der Waals surface area (Å²) in [5, 5.41) is 8.96. The molecule has 0 bridgehead atoms. The van der Waals surface area contributed by atoms with Gasteiger partial charge in [-0.3, -0.25) is 0 Å². The lowest BCUT2D eigenvalue weighted by molar-refractivity contribution is 0.251. The predicted molar refractivity (Wildman–Crippen MR) is 105 cm³/mol. The largest absolute Gasteiger partial charge is 0.497 e. The average Bonchev–Trinajstić information content (AvgIpc) is 2.69. The van der Waals surface area contributed by atoms with Gasteiger partial charge >= 0.3 is 6.03 Å². The summed E-state index contributed by atoms with van der Waals surface area (Å²) in [5.41, 5.74) is 3.71. The Labute approximate surface area is 153 Å². The van der Waals surface area contributed by atoms with E-state index in [1.165, 1.54) is 0 Å². The van der Waals surface area contributed by atoms with E-state index in [1.54, 1.807) is 7.11 Å². The van der Waals surface area contributed by atoms with Gasteiger partial charge in [-0.2, -0.15) is 0 Å². The zero-order chi connectivity index (χ0) is 18.2. The maximum atomic E-state index is 12.0. The first-order chi connectivity index (χ1) is 12.7. The van der Waals surface area contributed by atoms with E-state index in [2.05, 4.69) is 16.0 Å². The van der Waals surface area contributed by atoms with E-state index >= 15 is 0 Å². The molecule has 0 aromatic heterocycles. The van der Waals surface area contributed by atoms with Crippen LogP contribution in [0.25, 0.3) is 0 Å². The number of hydrogen-bond donors (Lipinski definition) is 3. The summed E-state index contributed by atoms with van der Waals surface area (Å²) in [5.74, 6) is 0.794. The van der Waals surface area contributed by atoms with E-state index in [0.29, 0.717) is 6.54 Å². The van der Waals surface area contributed by atoms with Crippen molar-refractivity contribution in [1.29, 1.82) is 0 Å². The molecule has 0 aliphatic heterocycles. The highest BCUT2D eigenvalue weighted by Gasteiger charge is 2.02. The molecule has 132 valence electrons. The van der Waals surface area contributed by atoms with E-state index in [4.69, 9.17) is 4.74 Å². The lowest BCUT2D eigenvalue weighted by atomic mass is 10.2. The van der Waals surface area contributed by atoms with E-state index in [-0.39, 0.29) is 6.03 Å². The fourth-order valence-electron chi connectivity index (χ4n) is 2.43. The van der Waals surface area contributed by atoms with Gasteiger partial charge in [-0.05, 0) is 54.1 Å². The highest BCUT2D eigenvalue weighted by atomic mass is 16.5. The second-order valence-electron chi connectivity index (χ2n) is 5.72. The van der Waals surface area contributed by atoms with Gasteiger partial charge in [0.1, 0.15) is 5.75 Å². The second-order valence-corrected chi connectivity index (χ2v) is 5.72. The Bertz CT molecular complexity index is 831. The Morgan fingerprint density at radius 2 is 1.42 bits per heavy atom. The van der Waals surface area contributed by atoms with E-state index < -0.39 is 0 Å².